The average molecular weight is 373 g/mol. The van der Waals surface area contributed by atoms with Crippen molar-refractivity contribution in [2.75, 3.05) is 26.9 Å². The molecule has 1 aromatic carbocycles. The Morgan fingerprint density at radius 1 is 1.19 bits per heavy atom. The number of pyridine rings is 1. The minimum atomic E-state index is -0.562. The van der Waals surface area contributed by atoms with Crippen molar-refractivity contribution in [3.05, 3.63) is 53.3 Å². The maximum Gasteiger partial charge on any atom is 0.310 e. The molecule has 0 atom stereocenters. The maximum absolute atomic E-state index is 11.8. The number of esters is 1. The first-order chi connectivity index (χ1) is 13.2. The van der Waals surface area contributed by atoms with Crippen molar-refractivity contribution in [1.29, 1.82) is 0 Å². The quantitative estimate of drug-likeness (QED) is 0.659. The van der Waals surface area contributed by atoms with E-state index >= 15 is 0 Å². The van der Waals surface area contributed by atoms with Crippen molar-refractivity contribution in [3.8, 4) is 11.5 Å². The highest BCUT2D eigenvalue weighted by atomic mass is 16.7. The Hall–Kier alpha value is -2.64. The van der Waals surface area contributed by atoms with Crippen LogP contribution in [-0.4, -0.2) is 37.9 Å². The molecule has 2 aromatic rings. The Morgan fingerprint density at radius 3 is 2.59 bits per heavy atom. The van der Waals surface area contributed by atoms with E-state index in [2.05, 4.69) is 4.98 Å². The molecule has 2 heterocycles. The molecule has 0 radical (unpaired) electrons. The fourth-order valence-electron chi connectivity index (χ4n) is 2.66. The van der Waals surface area contributed by atoms with Gasteiger partial charge in [0.25, 0.3) is 0 Å². The first kappa shape index (κ1) is 19.1. The zero-order valence-electron chi connectivity index (χ0n) is 15.5. The first-order valence-electron chi connectivity index (χ1n) is 8.83. The zero-order chi connectivity index (χ0) is 19.1. The number of benzene rings is 1. The van der Waals surface area contributed by atoms with Gasteiger partial charge in [-0.25, -0.2) is 0 Å². The lowest BCUT2D eigenvalue weighted by atomic mass is 10.1. The molecule has 7 heteroatoms. The van der Waals surface area contributed by atoms with Crippen LogP contribution in [0.15, 0.2) is 36.5 Å². The van der Waals surface area contributed by atoms with Crippen LogP contribution in [0.5, 0.6) is 11.5 Å². The van der Waals surface area contributed by atoms with Crippen LogP contribution in [0.1, 0.15) is 30.0 Å². The minimum Gasteiger partial charge on any atom is -0.497 e. The van der Waals surface area contributed by atoms with Crippen LogP contribution in [0.25, 0.3) is 0 Å². The van der Waals surface area contributed by atoms with Crippen LogP contribution in [0, 0.1) is 0 Å². The van der Waals surface area contributed by atoms with Crippen molar-refractivity contribution < 1.29 is 28.5 Å². The third-order valence-electron chi connectivity index (χ3n) is 3.99. The van der Waals surface area contributed by atoms with E-state index in [-0.39, 0.29) is 12.4 Å². The van der Waals surface area contributed by atoms with E-state index in [0.717, 1.165) is 11.3 Å². The summed E-state index contributed by atoms with van der Waals surface area (Å²) in [6, 6.07) is 9.39. The van der Waals surface area contributed by atoms with E-state index in [9.17, 15) is 4.79 Å². The summed E-state index contributed by atoms with van der Waals surface area (Å²) in [5, 5.41) is 0. The molecule has 0 unspecified atom stereocenters. The van der Waals surface area contributed by atoms with Crippen LogP contribution in [0.2, 0.25) is 0 Å². The van der Waals surface area contributed by atoms with E-state index < -0.39 is 6.29 Å². The van der Waals surface area contributed by atoms with Crippen molar-refractivity contribution in [2.24, 2.45) is 0 Å². The van der Waals surface area contributed by atoms with E-state index in [1.54, 1.807) is 26.3 Å². The van der Waals surface area contributed by atoms with Gasteiger partial charge in [0.2, 0.25) is 6.29 Å². The van der Waals surface area contributed by atoms with Crippen LogP contribution >= 0.6 is 0 Å². The van der Waals surface area contributed by atoms with Gasteiger partial charge in [0.05, 0.1) is 33.4 Å². The van der Waals surface area contributed by atoms with Gasteiger partial charge < -0.3 is 23.7 Å². The summed E-state index contributed by atoms with van der Waals surface area (Å²) in [6.45, 7) is 3.48. The van der Waals surface area contributed by atoms with Crippen molar-refractivity contribution in [1.82, 2.24) is 4.98 Å². The Labute approximate surface area is 158 Å². The van der Waals surface area contributed by atoms with E-state index in [0.29, 0.717) is 43.4 Å². The Bertz CT molecular complexity index is 756. The molecule has 0 bridgehead atoms. The summed E-state index contributed by atoms with van der Waals surface area (Å²) in [5.41, 5.74) is 2.25. The predicted molar refractivity (Wildman–Crippen MR) is 96.5 cm³/mol. The second kappa shape index (κ2) is 9.34. The number of methoxy groups -OCH3 is 1. The lowest BCUT2D eigenvalue weighted by Crippen LogP contribution is -2.10. The summed E-state index contributed by atoms with van der Waals surface area (Å²) in [4.78, 5) is 16.2. The summed E-state index contributed by atoms with van der Waals surface area (Å²) in [7, 11) is 1.63. The van der Waals surface area contributed by atoms with Crippen LogP contribution in [0.3, 0.4) is 0 Å². The molecule has 144 valence electrons. The standard InChI is InChI=1S/C20H23NO6/c1-3-24-18(22)11-15-10-17(19(21-12-15)20-25-8-9-26-20)27-13-14-4-6-16(23-2)7-5-14/h4-7,10,12,20H,3,8-9,11,13H2,1-2H3. The Morgan fingerprint density at radius 2 is 1.93 bits per heavy atom. The SMILES string of the molecule is CCOC(=O)Cc1cnc(C2OCCO2)c(OCc2ccc(OC)cc2)c1. The molecule has 1 aliphatic rings. The molecule has 1 saturated heterocycles. The van der Waals surface area contributed by atoms with E-state index in [4.69, 9.17) is 23.7 Å². The molecular weight excluding hydrogens is 350 g/mol. The number of hydrogen-bond acceptors (Lipinski definition) is 7. The second-order valence-corrected chi connectivity index (χ2v) is 5.92. The second-order valence-electron chi connectivity index (χ2n) is 5.92. The fourth-order valence-corrected chi connectivity index (χ4v) is 2.66. The van der Waals surface area contributed by atoms with Crippen molar-refractivity contribution in [3.63, 3.8) is 0 Å². The minimum absolute atomic E-state index is 0.131. The van der Waals surface area contributed by atoms with Crippen molar-refractivity contribution >= 4 is 5.97 Å². The number of nitrogens with zero attached hydrogens (tertiary/aromatic N) is 1. The van der Waals surface area contributed by atoms with Gasteiger partial charge in [-0.3, -0.25) is 9.78 Å². The highest BCUT2D eigenvalue weighted by Crippen LogP contribution is 2.31. The van der Waals surface area contributed by atoms with Gasteiger partial charge in [0, 0.05) is 6.20 Å². The predicted octanol–water partition coefficient (Wildman–Crippen LogP) is 2.82. The molecule has 27 heavy (non-hydrogen) atoms. The third kappa shape index (κ3) is 5.18. The third-order valence-corrected chi connectivity index (χ3v) is 3.99. The average Bonchev–Trinajstić information content (AvgIpc) is 3.21. The fraction of sp³-hybridized carbons (Fsp3) is 0.400. The van der Waals surface area contributed by atoms with Crippen LogP contribution in [0.4, 0.5) is 0 Å². The highest BCUT2D eigenvalue weighted by Gasteiger charge is 2.24. The van der Waals surface area contributed by atoms with Crippen LogP contribution < -0.4 is 9.47 Å². The van der Waals surface area contributed by atoms with Gasteiger partial charge in [0.1, 0.15) is 23.8 Å². The number of carbonyl (C=O) groups excluding carboxylic acids is 1. The normalized spacial score (nSPS) is 14.1. The van der Waals surface area contributed by atoms with Gasteiger partial charge in [-0.2, -0.15) is 0 Å². The Balaban J connectivity index is 1.76. The van der Waals surface area contributed by atoms with Gasteiger partial charge in [0.15, 0.2) is 0 Å². The molecule has 0 amide bonds. The van der Waals surface area contributed by atoms with Gasteiger partial charge >= 0.3 is 5.97 Å². The zero-order valence-corrected chi connectivity index (χ0v) is 15.5. The molecule has 0 aliphatic carbocycles. The molecule has 0 spiro atoms. The molecule has 1 fully saturated rings. The summed E-state index contributed by atoms with van der Waals surface area (Å²) < 4.78 is 27.2. The van der Waals surface area contributed by atoms with E-state index in [1.165, 1.54) is 0 Å². The Kier molecular flexibility index (Phi) is 6.62. The lowest BCUT2D eigenvalue weighted by molar-refractivity contribution is -0.142. The maximum atomic E-state index is 11.8. The number of ether oxygens (including phenoxy) is 5. The summed E-state index contributed by atoms with van der Waals surface area (Å²) in [5.74, 6) is 1.01. The van der Waals surface area contributed by atoms with Gasteiger partial charge in [-0.15, -0.1) is 0 Å². The molecule has 0 N–H and O–H groups in total. The molecule has 0 saturated carbocycles. The molecule has 1 aliphatic heterocycles. The molecule has 3 rings (SSSR count). The van der Waals surface area contributed by atoms with E-state index in [1.807, 2.05) is 24.3 Å². The monoisotopic (exact) mass is 373 g/mol. The molecule has 1 aromatic heterocycles. The largest absolute Gasteiger partial charge is 0.497 e. The first-order valence-corrected chi connectivity index (χ1v) is 8.83. The van der Waals surface area contributed by atoms with Gasteiger partial charge in [-0.05, 0) is 36.2 Å². The number of rotatable bonds is 8. The molecular formula is C20H23NO6. The number of carbonyl (C=O) groups is 1. The summed E-state index contributed by atoms with van der Waals surface area (Å²) >= 11 is 0. The molecule has 7 nitrogen and oxygen atoms in total. The topological polar surface area (TPSA) is 76.1 Å². The smallest absolute Gasteiger partial charge is 0.310 e. The number of hydrogen-bond donors (Lipinski definition) is 0. The van der Waals surface area contributed by atoms with Gasteiger partial charge in [-0.1, -0.05) is 12.1 Å². The number of aromatic nitrogens is 1. The highest BCUT2D eigenvalue weighted by molar-refractivity contribution is 5.72. The summed E-state index contributed by atoms with van der Waals surface area (Å²) in [6.07, 6.45) is 1.19. The van der Waals surface area contributed by atoms with Crippen LogP contribution in [-0.2, 0) is 32.0 Å². The van der Waals surface area contributed by atoms with Crippen molar-refractivity contribution in [2.45, 2.75) is 26.2 Å². The lowest BCUT2D eigenvalue weighted by Gasteiger charge is -2.16.